The topological polar surface area (TPSA) is 57.7 Å². The quantitative estimate of drug-likeness (QED) is 0.635. The third kappa shape index (κ3) is 4.56. The van der Waals surface area contributed by atoms with E-state index in [1.807, 2.05) is 0 Å². The molecule has 1 aromatic carbocycles. The highest BCUT2D eigenvalue weighted by atomic mass is 35.5. The Hall–Kier alpha value is -1.11. The second-order valence-corrected chi connectivity index (χ2v) is 11.9. The van der Waals surface area contributed by atoms with Gasteiger partial charge in [-0.15, -0.1) is 0 Å². The maximum absolute atomic E-state index is 13.5. The highest BCUT2D eigenvalue weighted by Gasteiger charge is 2.39. The second-order valence-electron chi connectivity index (χ2n) is 9.61. The molecule has 0 aromatic heterocycles. The second kappa shape index (κ2) is 8.79. The van der Waals surface area contributed by atoms with Gasteiger partial charge in [0.25, 0.3) is 5.91 Å². The van der Waals surface area contributed by atoms with Gasteiger partial charge in [0.15, 0.2) is 0 Å². The Morgan fingerprint density at radius 3 is 2.23 bits per heavy atom. The van der Waals surface area contributed by atoms with E-state index in [4.69, 9.17) is 11.6 Å². The Morgan fingerprint density at radius 1 is 1.00 bits per heavy atom. The summed E-state index contributed by atoms with van der Waals surface area (Å²) in [7, 11) is -3.71. The van der Waals surface area contributed by atoms with E-state index in [0.29, 0.717) is 30.6 Å². The maximum atomic E-state index is 13.5. The third-order valence-electron chi connectivity index (χ3n) is 6.97. The standard InChI is InChI=1S/C23H33ClN2O3S/c1-16-5-8-19(9-6-16)26(20-10-11-20)23(27)18-7-12-21(24)22(14-18)30(28,29)25-13-3-4-17(2)15-25/h7,12,14,16-17,19-20H,3-6,8-11,13,15H2,1-2H3. The Kier molecular flexibility index (Phi) is 6.48. The molecule has 0 radical (unpaired) electrons. The van der Waals surface area contributed by atoms with Gasteiger partial charge in [-0.05, 0) is 81.4 Å². The lowest BCUT2D eigenvalue weighted by atomic mass is 9.86. The molecule has 2 aliphatic carbocycles. The van der Waals surface area contributed by atoms with Crippen molar-refractivity contribution in [1.29, 1.82) is 0 Å². The molecule has 1 heterocycles. The Morgan fingerprint density at radius 2 is 1.63 bits per heavy atom. The molecule has 1 saturated heterocycles. The molecule has 1 unspecified atom stereocenters. The summed E-state index contributed by atoms with van der Waals surface area (Å²) in [6.07, 6.45) is 8.34. The Labute approximate surface area is 185 Å². The van der Waals surface area contributed by atoms with Gasteiger partial charge >= 0.3 is 0 Å². The Bertz CT molecular complexity index is 892. The van der Waals surface area contributed by atoms with Crippen LogP contribution in [0.25, 0.3) is 0 Å². The van der Waals surface area contributed by atoms with Crippen molar-refractivity contribution < 1.29 is 13.2 Å². The van der Waals surface area contributed by atoms with Gasteiger partial charge in [-0.25, -0.2) is 8.42 Å². The summed E-state index contributed by atoms with van der Waals surface area (Å²) in [6.45, 7) is 5.36. The van der Waals surface area contributed by atoms with Gasteiger partial charge in [0, 0.05) is 30.7 Å². The van der Waals surface area contributed by atoms with Gasteiger partial charge in [0.1, 0.15) is 4.90 Å². The molecule has 0 N–H and O–H groups in total. The Balaban J connectivity index is 1.61. The molecule has 3 aliphatic rings. The molecular formula is C23H33ClN2O3S. The smallest absolute Gasteiger partial charge is 0.254 e. The van der Waals surface area contributed by atoms with Gasteiger partial charge < -0.3 is 4.90 Å². The first-order chi connectivity index (χ1) is 14.3. The number of nitrogens with zero attached hydrogens (tertiary/aromatic N) is 2. The van der Waals surface area contributed by atoms with E-state index in [-0.39, 0.29) is 21.9 Å². The van der Waals surface area contributed by atoms with Crippen molar-refractivity contribution in [2.75, 3.05) is 13.1 Å². The van der Waals surface area contributed by atoms with Crippen LogP contribution in [0.3, 0.4) is 0 Å². The zero-order valence-electron chi connectivity index (χ0n) is 18.0. The number of carbonyl (C=O) groups excluding carboxylic acids is 1. The lowest BCUT2D eigenvalue weighted by molar-refractivity contribution is 0.0593. The van der Waals surface area contributed by atoms with E-state index >= 15 is 0 Å². The molecule has 1 amide bonds. The number of piperidine rings is 1. The van der Waals surface area contributed by atoms with Gasteiger partial charge in [0.05, 0.1) is 5.02 Å². The first-order valence-corrected chi connectivity index (χ1v) is 13.2. The molecule has 3 fully saturated rings. The van der Waals surface area contributed by atoms with Gasteiger partial charge in [-0.3, -0.25) is 4.79 Å². The minimum atomic E-state index is -3.71. The van der Waals surface area contributed by atoms with Crippen LogP contribution in [0.5, 0.6) is 0 Å². The van der Waals surface area contributed by atoms with Crippen LogP contribution in [0.1, 0.15) is 75.6 Å². The van der Waals surface area contributed by atoms with E-state index in [1.54, 1.807) is 12.1 Å². The van der Waals surface area contributed by atoms with Gasteiger partial charge in [-0.2, -0.15) is 4.31 Å². The fraction of sp³-hybridized carbons (Fsp3) is 0.696. The lowest BCUT2D eigenvalue weighted by Gasteiger charge is -2.36. The predicted molar refractivity (Wildman–Crippen MR) is 119 cm³/mol. The van der Waals surface area contributed by atoms with Crippen molar-refractivity contribution >= 4 is 27.5 Å². The first-order valence-electron chi connectivity index (χ1n) is 11.4. The summed E-state index contributed by atoms with van der Waals surface area (Å²) in [5.41, 5.74) is 0.438. The first kappa shape index (κ1) is 22.1. The van der Waals surface area contributed by atoms with Crippen molar-refractivity contribution in [2.45, 2.75) is 82.2 Å². The molecule has 166 valence electrons. The van der Waals surface area contributed by atoms with E-state index in [9.17, 15) is 13.2 Å². The van der Waals surface area contributed by atoms with Crippen LogP contribution in [0.2, 0.25) is 5.02 Å². The number of sulfonamides is 1. The molecule has 0 spiro atoms. The SMILES string of the molecule is CC1CCC(N(C(=O)c2ccc(Cl)c(S(=O)(=O)N3CCCC(C)C3)c2)C2CC2)CC1. The van der Waals surface area contributed by atoms with Crippen molar-refractivity contribution in [3.05, 3.63) is 28.8 Å². The average Bonchev–Trinajstić information content (AvgIpc) is 3.55. The minimum absolute atomic E-state index is 0.0443. The number of amides is 1. The van der Waals surface area contributed by atoms with Crippen LogP contribution in [-0.2, 0) is 10.0 Å². The fourth-order valence-electron chi connectivity index (χ4n) is 4.99. The molecule has 1 aliphatic heterocycles. The molecule has 7 heteroatoms. The van der Waals surface area contributed by atoms with E-state index in [1.165, 1.54) is 10.4 Å². The zero-order valence-corrected chi connectivity index (χ0v) is 19.6. The molecule has 5 nitrogen and oxygen atoms in total. The number of benzene rings is 1. The maximum Gasteiger partial charge on any atom is 0.254 e. The molecule has 2 saturated carbocycles. The number of halogens is 1. The molecule has 4 rings (SSSR count). The van der Waals surface area contributed by atoms with Crippen LogP contribution >= 0.6 is 11.6 Å². The summed E-state index contributed by atoms with van der Waals surface area (Å²) in [6, 6.07) is 5.33. The largest absolute Gasteiger partial charge is 0.333 e. The van der Waals surface area contributed by atoms with Crippen molar-refractivity contribution in [1.82, 2.24) is 9.21 Å². The molecule has 1 atom stereocenters. The van der Waals surface area contributed by atoms with Gasteiger partial charge in [0.2, 0.25) is 10.0 Å². The number of rotatable bonds is 5. The predicted octanol–water partition coefficient (Wildman–Crippen LogP) is 4.94. The highest BCUT2D eigenvalue weighted by Crippen LogP contribution is 2.37. The molecule has 0 bridgehead atoms. The van der Waals surface area contributed by atoms with Gasteiger partial charge in [-0.1, -0.05) is 25.4 Å². The average molecular weight is 453 g/mol. The van der Waals surface area contributed by atoms with Crippen molar-refractivity contribution in [2.24, 2.45) is 11.8 Å². The molecular weight excluding hydrogens is 420 g/mol. The summed E-state index contributed by atoms with van der Waals surface area (Å²) in [5, 5.41) is 0.189. The normalized spacial score (nSPS) is 28.3. The van der Waals surface area contributed by atoms with E-state index in [0.717, 1.165) is 57.3 Å². The summed E-state index contributed by atoms with van der Waals surface area (Å²) in [4.78, 5) is 15.6. The van der Waals surface area contributed by atoms with Crippen molar-refractivity contribution in [3.8, 4) is 0 Å². The third-order valence-corrected chi connectivity index (χ3v) is 9.32. The number of carbonyl (C=O) groups is 1. The van der Waals surface area contributed by atoms with Crippen molar-refractivity contribution in [3.63, 3.8) is 0 Å². The fourth-order valence-corrected chi connectivity index (χ4v) is 7.09. The molecule has 30 heavy (non-hydrogen) atoms. The van der Waals surface area contributed by atoms with Crippen LogP contribution < -0.4 is 0 Å². The summed E-state index contributed by atoms with van der Waals surface area (Å²) >= 11 is 6.33. The molecule has 1 aromatic rings. The highest BCUT2D eigenvalue weighted by molar-refractivity contribution is 7.89. The van der Waals surface area contributed by atoms with E-state index < -0.39 is 10.0 Å². The summed E-state index contributed by atoms with van der Waals surface area (Å²) in [5.74, 6) is 1.00. The number of hydrogen-bond acceptors (Lipinski definition) is 3. The minimum Gasteiger partial charge on any atom is -0.333 e. The zero-order chi connectivity index (χ0) is 21.5. The van der Waals surface area contributed by atoms with Crippen LogP contribution in [0.4, 0.5) is 0 Å². The monoisotopic (exact) mass is 452 g/mol. The number of hydrogen-bond donors (Lipinski definition) is 0. The summed E-state index contributed by atoms with van der Waals surface area (Å²) < 4.78 is 28.1. The lowest BCUT2D eigenvalue weighted by Crippen LogP contribution is -2.44. The van der Waals surface area contributed by atoms with Crippen LogP contribution in [-0.4, -0.2) is 48.7 Å². The van der Waals surface area contributed by atoms with Crippen LogP contribution in [0.15, 0.2) is 23.1 Å². The van der Waals surface area contributed by atoms with Crippen LogP contribution in [0, 0.1) is 11.8 Å². The van der Waals surface area contributed by atoms with E-state index in [2.05, 4.69) is 18.7 Å².